The zero-order valence-electron chi connectivity index (χ0n) is 25.8. The summed E-state index contributed by atoms with van der Waals surface area (Å²) in [7, 11) is 0. The second kappa shape index (κ2) is 9.80. The predicted molar refractivity (Wildman–Crippen MR) is 195 cm³/mol. The van der Waals surface area contributed by atoms with Crippen molar-refractivity contribution < 1.29 is 0 Å². The van der Waals surface area contributed by atoms with Crippen LogP contribution in [0.1, 0.15) is 25.0 Å². The van der Waals surface area contributed by atoms with Gasteiger partial charge in [-0.05, 0) is 108 Å². The molecule has 0 amide bonds. The van der Waals surface area contributed by atoms with Crippen LogP contribution in [0.15, 0.2) is 146 Å². The Balaban J connectivity index is 1.23. The molecular weight excluding hydrogens is 556 g/mol. The minimum atomic E-state index is -0.193. The van der Waals surface area contributed by atoms with Crippen molar-refractivity contribution in [3.8, 4) is 11.1 Å². The molecule has 0 atom stereocenters. The fraction of sp³-hybridized carbons (Fsp3) is 0.0682. The topological polar surface area (TPSA) is 7.60 Å². The summed E-state index contributed by atoms with van der Waals surface area (Å²) in [5.41, 5.74) is 9.20. The van der Waals surface area contributed by atoms with E-state index in [2.05, 4.69) is 157 Å². The van der Waals surface area contributed by atoms with Gasteiger partial charge in [-0.3, -0.25) is 0 Å². The lowest BCUT2D eigenvalue weighted by Gasteiger charge is -2.28. The average molecular weight is 587 g/mol. The summed E-state index contributed by atoms with van der Waals surface area (Å²) >= 11 is 0. The van der Waals surface area contributed by atoms with E-state index in [1.807, 2.05) is 12.1 Å². The summed E-state index contributed by atoms with van der Waals surface area (Å²) < 4.78 is 0. The Labute approximate surface area is 268 Å². The maximum atomic E-state index is 7.50. The van der Waals surface area contributed by atoms with Crippen molar-refractivity contribution in [1.29, 1.82) is 0 Å². The molecule has 9 rings (SSSR count). The molecule has 0 unspecified atom stereocenters. The molecule has 8 aromatic rings. The zero-order chi connectivity index (χ0) is 31.0. The molecule has 1 aliphatic rings. The quantitative estimate of drug-likeness (QED) is 0.187. The maximum absolute atomic E-state index is 7.50. The van der Waals surface area contributed by atoms with Gasteiger partial charge < -0.3 is 4.90 Å². The fourth-order valence-corrected chi connectivity index (χ4v) is 7.84. The van der Waals surface area contributed by atoms with Crippen molar-refractivity contribution in [3.05, 3.63) is 168 Å². The van der Waals surface area contributed by atoms with Gasteiger partial charge >= 0.3 is 0 Å². The van der Waals surface area contributed by atoms with Crippen molar-refractivity contribution in [2.45, 2.75) is 19.3 Å². The van der Waals surface area contributed by atoms with E-state index in [-0.39, 0.29) is 5.41 Å². The van der Waals surface area contributed by atoms with Crippen LogP contribution in [-0.2, 0) is 5.41 Å². The Morgan fingerprint density at radius 2 is 0.891 bits per heavy atom. The SMILES string of the molecule is [C-]#[N+]c1ccc2c3c(ccc2c1)-c1ccc2cc(N(c4ccc5ccccc5c4)c4ccc5ccccc5c4)ccc2c1C3(C)C. The lowest BCUT2D eigenvalue weighted by Crippen LogP contribution is -2.16. The Kier molecular flexibility index (Phi) is 5.64. The van der Waals surface area contributed by atoms with Gasteiger partial charge in [0.2, 0.25) is 0 Å². The van der Waals surface area contributed by atoms with Crippen LogP contribution in [0, 0.1) is 6.57 Å². The Morgan fingerprint density at radius 3 is 1.43 bits per heavy atom. The minimum Gasteiger partial charge on any atom is -0.310 e. The first kappa shape index (κ1) is 26.5. The Bertz CT molecular complexity index is 2500. The van der Waals surface area contributed by atoms with E-state index >= 15 is 0 Å². The van der Waals surface area contributed by atoms with E-state index in [1.54, 1.807) is 0 Å². The van der Waals surface area contributed by atoms with Crippen LogP contribution in [0.25, 0.3) is 59.1 Å². The lowest BCUT2D eigenvalue weighted by atomic mass is 9.78. The lowest BCUT2D eigenvalue weighted by molar-refractivity contribution is 0.672. The van der Waals surface area contributed by atoms with E-state index in [0.29, 0.717) is 5.69 Å². The largest absolute Gasteiger partial charge is 0.310 e. The number of hydrogen-bond acceptors (Lipinski definition) is 1. The number of nitrogens with zero attached hydrogens (tertiary/aromatic N) is 2. The fourth-order valence-electron chi connectivity index (χ4n) is 7.84. The Morgan fingerprint density at radius 1 is 0.457 bits per heavy atom. The molecule has 8 aromatic carbocycles. The molecule has 0 saturated carbocycles. The molecule has 2 nitrogen and oxygen atoms in total. The highest BCUT2D eigenvalue weighted by Gasteiger charge is 2.38. The molecule has 0 N–H and O–H groups in total. The minimum absolute atomic E-state index is 0.193. The third-order valence-corrected chi connectivity index (χ3v) is 9.92. The summed E-state index contributed by atoms with van der Waals surface area (Å²) in [6, 6.07) is 52.7. The molecule has 0 aromatic heterocycles. The van der Waals surface area contributed by atoms with Gasteiger partial charge in [-0.2, -0.15) is 0 Å². The van der Waals surface area contributed by atoms with E-state index in [1.165, 1.54) is 60.0 Å². The standard InChI is InChI=1S/C44H30N2/c1-44(2)42-38-22-16-34(45-3)24-32(38)14-20-40(42)41-21-15-33-27-37(19-23-39(33)43(41)44)46(35-17-12-28-8-4-6-10-30(28)25-35)36-18-13-29-9-5-7-11-31(29)26-36/h4-27H,1-2H3. The van der Waals surface area contributed by atoms with E-state index in [9.17, 15) is 0 Å². The van der Waals surface area contributed by atoms with Crippen LogP contribution in [0.3, 0.4) is 0 Å². The van der Waals surface area contributed by atoms with Crippen molar-refractivity contribution in [2.75, 3.05) is 4.90 Å². The monoisotopic (exact) mass is 586 g/mol. The van der Waals surface area contributed by atoms with Gasteiger partial charge in [0.15, 0.2) is 5.69 Å². The number of fused-ring (bicyclic) bond motifs is 9. The zero-order valence-corrected chi connectivity index (χ0v) is 25.8. The first-order valence-electron chi connectivity index (χ1n) is 15.8. The van der Waals surface area contributed by atoms with Gasteiger partial charge in [-0.15, -0.1) is 0 Å². The molecule has 0 bridgehead atoms. The molecule has 0 fully saturated rings. The number of benzene rings is 8. The van der Waals surface area contributed by atoms with E-state index in [4.69, 9.17) is 6.57 Å². The van der Waals surface area contributed by atoms with Crippen molar-refractivity contribution in [3.63, 3.8) is 0 Å². The molecule has 216 valence electrons. The molecule has 0 aliphatic heterocycles. The summed E-state index contributed by atoms with van der Waals surface area (Å²) in [4.78, 5) is 6.06. The molecular formula is C44H30N2. The third-order valence-electron chi connectivity index (χ3n) is 9.92. The second-order valence-corrected chi connectivity index (χ2v) is 12.9. The highest BCUT2D eigenvalue weighted by atomic mass is 15.1. The summed E-state index contributed by atoms with van der Waals surface area (Å²) in [5, 5.41) is 9.78. The molecule has 2 heteroatoms. The van der Waals surface area contributed by atoms with Crippen molar-refractivity contribution in [2.24, 2.45) is 0 Å². The normalized spacial score (nSPS) is 13.2. The van der Waals surface area contributed by atoms with Gasteiger partial charge in [0.05, 0.1) is 6.57 Å². The van der Waals surface area contributed by atoms with Crippen molar-refractivity contribution in [1.82, 2.24) is 0 Å². The number of hydrogen-bond donors (Lipinski definition) is 0. The van der Waals surface area contributed by atoms with Crippen LogP contribution in [0.2, 0.25) is 0 Å². The van der Waals surface area contributed by atoms with Gasteiger partial charge in [0, 0.05) is 22.5 Å². The molecule has 1 aliphatic carbocycles. The summed E-state index contributed by atoms with van der Waals surface area (Å²) in [6.07, 6.45) is 0. The van der Waals surface area contributed by atoms with E-state index < -0.39 is 0 Å². The van der Waals surface area contributed by atoms with Crippen LogP contribution in [0.5, 0.6) is 0 Å². The van der Waals surface area contributed by atoms with Gasteiger partial charge in [-0.25, -0.2) is 4.85 Å². The first-order chi connectivity index (χ1) is 22.5. The van der Waals surface area contributed by atoms with Gasteiger partial charge in [0.1, 0.15) is 0 Å². The average Bonchev–Trinajstić information content (AvgIpc) is 3.34. The van der Waals surface area contributed by atoms with Crippen LogP contribution < -0.4 is 4.90 Å². The molecule has 0 spiro atoms. The predicted octanol–water partition coefficient (Wildman–Crippen LogP) is 12.6. The summed E-state index contributed by atoms with van der Waals surface area (Å²) in [5.74, 6) is 0. The van der Waals surface area contributed by atoms with Gasteiger partial charge in [0.25, 0.3) is 0 Å². The van der Waals surface area contributed by atoms with E-state index in [0.717, 1.165) is 22.4 Å². The van der Waals surface area contributed by atoms with Crippen LogP contribution in [0.4, 0.5) is 22.7 Å². The van der Waals surface area contributed by atoms with Crippen LogP contribution in [-0.4, -0.2) is 0 Å². The maximum Gasteiger partial charge on any atom is 0.187 e. The third kappa shape index (κ3) is 3.89. The second-order valence-electron chi connectivity index (χ2n) is 12.9. The van der Waals surface area contributed by atoms with Crippen LogP contribution >= 0.6 is 0 Å². The first-order valence-corrected chi connectivity index (χ1v) is 15.8. The Hall–Kier alpha value is -5.91. The molecule has 0 heterocycles. The van der Waals surface area contributed by atoms with Gasteiger partial charge in [-0.1, -0.05) is 117 Å². The molecule has 0 radical (unpaired) electrons. The number of anilines is 3. The summed E-state index contributed by atoms with van der Waals surface area (Å²) in [6.45, 7) is 12.2. The molecule has 46 heavy (non-hydrogen) atoms. The highest BCUT2D eigenvalue weighted by Crippen LogP contribution is 2.54. The number of rotatable bonds is 3. The smallest absolute Gasteiger partial charge is 0.187 e. The highest BCUT2D eigenvalue weighted by molar-refractivity contribution is 6.05. The molecule has 0 saturated heterocycles. The van der Waals surface area contributed by atoms with Crippen molar-refractivity contribution >= 4 is 65.8 Å².